The first-order chi connectivity index (χ1) is 6.38. The summed E-state index contributed by atoms with van der Waals surface area (Å²) in [4.78, 5) is 1.99. The van der Waals surface area contributed by atoms with Crippen molar-refractivity contribution in [2.24, 2.45) is 0 Å². The van der Waals surface area contributed by atoms with Gasteiger partial charge >= 0.3 is 0 Å². The summed E-state index contributed by atoms with van der Waals surface area (Å²) < 4.78 is 18.4. The highest BCUT2D eigenvalue weighted by Crippen LogP contribution is 2.18. The number of morpholine rings is 1. The average molecular weight is 180 g/mol. The van der Waals surface area contributed by atoms with Gasteiger partial charge in [0.15, 0.2) is 0 Å². The van der Waals surface area contributed by atoms with Crippen molar-refractivity contribution in [2.45, 2.75) is 0 Å². The summed E-state index contributed by atoms with van der Waals surface area (Å²) in [5.41, 5.74) is 0.655. The summed E-state index contributed by atoms with van der Waals surface area (Å²) in [6, 6.07) is 7.55. The third-order valence-electron chi connectivity index (χ3n) is 2.14. The monoisotopic (exact) mass is 180 g/mol. The molecule has 1 fully saturated rings. The molecule has 1 aliphatic heterocycles. The average Bonchev–Trinajstić information content (AvgIpc) is 2.20. The van der Waals surface area contributed by atoms with Gasteiger partial charge in [-0.15, -0.1) is 0 Å². The second kappa shape index (κ2) is 3.75. The van der Waals surface area contributed by atoms with Crippen LogP contribution in [0, 0.1) is 11.9 Å². The lowest BCUT2D eigenvalue weighted by Crippen LogP contribution is -2.36. The van der Waals surface area contributed by atoms with Crippen molar-refractivity contribution >= 4 is 5.69 Å². The number of ether oxygens (including phenoxy) is 1. The standard InChI is InChI=1S/C10H11FNO/c11-9-3-1-2-4-10(9)12-5-7-13-8-6-12/h2-4H,5-8H2. The van der Waals surface area contributed by atoms with Gasteiger partial charge < -0.3 is 9.64 Å². The van der Waals surface area contributed by atoms with Crippen molar-refractivity contribution in [3.63, 3.8) is 0 Å². The lowest BCUT2D eigenvalue weighted by molar-refractivity contribution is 0.122. The Labute approximate surface area is 76.9 Å². The first-order valence-electron chi connectivity index (χ1n) is 4.36. The minimum Gasteiger partial charge on any atom is -0.378 e. The van der Waals surface area contributed by atoms with Gasteiger partial charge in [0.25, 0.3) is 0 Å². The van der Waals surface area contributed by atoms with Crippen LogP contribution >= 0.6 is 0 Å². The van der Waals surface area contributed by atoms with E-state index in [1.54, 1.807) is 12.1 Å². The molecule has 0 aliphatic carbocycles. The number of hydrogen-bond acceptors (Lipinski definition) is 2. The Hall–Kier alpha value is -1.09. The highest BCUT2D eigenvalue weighted by molar-refractivity contribution is 5.47. The first kappa shape index (κ1) is 8.51. The summed E-state index contributed by atoms with van der Waals surface area (Å²) in [5.74, 6) is -0.204. The van der Waals surface area contributed by atoms with Crippen molar-refractivity contribution in [2.75, 3.05) is 31.2 Å². The van der Waals surface area contributed by atoms with Gasteiger partial charge in [-0.05, 0) is 18.2 Å². The molecule has 0 atom stereocenters. The quantitative estimate of drug-likeness (QED) is 0.648. The Bertz CT molecular complexity index is 284. The van der Waals surface area contributed by atoms with E-state index >= 15 is 0 Å². The van der Waals surface area contributed by atoms with Crippen LogP contribution in [0.15, 0.2) is 18.2 Å². The van der Waals surface area contributed by atoms with Crippen LogP contribution in [0.4, 0.5) is 10.1 Å². The Balaban J connectivity index is 2.18. The van der Waals surface area contributed by atoms with Gasteiger partial charge in [0.2, 0.25) is 0 Å². The Morgan fingerprint density at radius 2 is 2.15 bits per heavy atom. The molecule has 1 aromatic rings. The fourth-order valence-corrected chi connectivity index (χ4v) is 1.46. The van der Waals surface area contributed by atoms with Crippen LogP contribution < -0.4 is 4.90 Å². The smallest absolute Gasteiger partial charge is 0.147 e. The van der Waals surface area contributed by atoms with Gasteiger partial charge in [-0.25, -0.2) is 4.39 Å². The van der Waals surface area contributed by atoms with E-state index in [1.165, 1.54) is 6.07 Å². The molecule has 0 amide bonds. The third kappa shape index (κ3) is 1.80. The zero-order valence-electron chi connectivity index (χ0n) is 7.29. The number of anilines is 1. The van der Waals surface area contributed by atoms with E-state index in [1.807, 2.05) is 4.90 Å². The number of rotatable bonds is 1. The SMILES string of the molecule is Fc1c[c]ccc1N1CCOCC1. The van der Waals surface area contributed by atoms with Crippen molar-refractivity contribution in [1.82, 2.24) is 0 Å². The molecule has 0 saturated carbocycles. The predicted molar refractivity (Wildman–Crippen MR) is 48.3 cm³/mol. The van der Waals surface area contributed by atoms with Gasteiger partial charge in [0.05, 0.1) is 18.9 Å². The topological polar surface area (TPSA) is 12.5 Å². The van der Waals surface area contributed by atoms with Crippen LogP contribution in [0.25, 0.3) is 0 Å². The zero-order valence-corrected chi connectivity index (χ0v) is 7.29. The summed E-state index contributed by atoms with van der Waals surface area (Å²) >= 11 is 0. The van der Waals surface area contributed by atoms with Crippen LogP contribution in [-0.2, 0) is 4.74 Å². The van der Waals surface area contributed by atoms with Gasteiger partial charge in [-0.2, -0.15) is 0 Å². The molecule has 2 nitrogen and oxygen atoms in total. The van der Waals surface area contributed by atoms with Crippen LogP contribution in [0.2, 0.25) is 0 Å². The van der Waals surface area contributed by atoms with Gasteiger partial charge in [-0.1, -0.05) is 6.07 Å². The van der Waals surface area contributed by atoms with Gasteiger partial charge in [0, 0.05) is 13.1 Å². The Morgan fingerprint density at radius 1 is 1.38 bits per heavy atom. The van der Waals surface area contributed by atoms with E-state index in [4.69, 9.17) is 4.74 Å². The molecular formula is C10H11FNO. The summed E-state index contributed by atoms with van der Waals surface area (Å²) in [6.45, 7) is 2.89. The highest BCUT2D eigenvalue weighted by atomic mass is 19.1. The molecule has 3 heteroatoms. The fourth-order valence-electron chi connectivity index (χ4n) is 1.46. The maximum absolute atomic E-state index is 13.3. The van der Waals surface area contributed by atoms with Crippen LogP contribution in [0.3, 0.4) is 0 Å². The molecular weight excluding hydrogens is 169 g/mol. The normalized spacial score (nSPS) is 17.5. The van der Waals surface area contributed by atoms with Crippen molar-refractivity contribution in [3.8, 4) is 0 Å². The van der Waals surface area contributed by atoms with E-state index < -0.39 is 0 Å². The molecule has 1 radical (unpaired) electrons. The second-order valence-corrected chi connectivity index (χ2v) is 2.98. The van der Waals surface area contributed by atoms with Gasteiger partial charge in [0.1, 0.15) is 5.82 Å². The maximum atomic E-state index is 13.3. The molecule has 1 heterocycles. The second-order valence-electron chi connectivity index (χ2n) is 2.98. The maximum Gasteiger partial charge on any atom is 0.147 e. The third-order valence-corrected chi connectivity index (χ3v) is 2.14. The Morgan fingerprint density at radius 3 is 2.85 bits per heavy atom. The molecule has 0 bridgehead atoms. The van der Waals surface area contributed by atoms with E-state index in [9.17, 15) is 4.39 Å². The van der Waals surface area contributed by atoms with Crippen molar-refractivity contribution in [1.29, 1.82) is 0 Å². The number of hydrogen-bond donors (Lipinski definition) is 0. The minimum absolute atomic E-state index is 0.204. The summed E-state index contributed by atoms with van der Waals surface area (Å²) in [7, 11) is 0. The zero-order chi connectivity index (χ0) is 9.10. The van der Waals surface area contributed by atoms with Crippen LogP contribution in [-0.4, -0.2) is 26.3 Å². The largest absolute Gasteiger partial charge is 0.378 e. The molecule has 13 heavy (non-hydrogen) atoms. The number of nitrogens with zero attached hydrogens (tertiary/aromatic N) is 1. The van der Waals surface area contributed by atoms with E-state index in [0.29, 0.717) is 18.9 Å². The lowest BCUT2D eigenvalue weighted by Gasteiger charge is -2.28. The molecule has 2 rings (SSSR count). The number of benzene rings is 1. The fraction of sp³-hybridized carbons (Fsp3) is 0.400. The predicted octanol–water partition coefficient (Wildman–Crippen LogP) is 1.46. The summed E-state index contributed by atoms with van der Waals surface area (Å²) in [6.07, 6.45) is 0. The van der Waals surface area contributed by atoms with E-state index in [-0.39, 0.29) is 5.82 Å². The van der Waals surface area contributed by atoms with Crippen LogP contribution in [0.5, 0.6) is 0 Å². The Kier molecular flexibility index (Phi) is 2.45. The molecule has 0 aromatic heterocycles. The molecule has 0 unspecified atom stereocenters. The molecule has 1 aromatic carbocycles. The highest BCUT2D eigenvalue weighted by Gasteiger charge is 2.13. The first-order valence-corrected chi connectivity index (χ1v) is 4.36. The molecule has 0 N–H and O–H groups in total. The molecule has 0 spiro atoms. The minimum atomic E-state index is -0.204. The molecule has 69 valence electrons. The van der Waals surface area contributed by atoms with Crippen LogP contribution in [0.1, 0.15) is 0 Å². The van der Waals surface area contributed by atoms with E-state index in [2.05, 4.69) is 6.07 Å². The molecule has 1 aliphatic rings. The molecule has 1 saturated heterocycles. The lowest BCUT2D eigenvalue weighted by atomic mass is 10.2. The van der Waals surface area contributed by atoms with Crippen molar-refractivity contribution in [3.05, 3.63) is 30.1 Å². The summed E-state index contributed by atoms with van der Waals surface area (Å²) in [5, 5.41) is 0. The van der Waals surface area contributed by atoms with Gasteiger partial charge in [-0.3, -0.25) is 0 Å². The number of halogens is 1. The van der Waals surface area contributed by atoms with Crippen molar-refractivity contribution < 1.29 is 9.13 Å². The van der Waals surface area contributed by atoms with E-state index in [0.717, 1.165) is 13.1 Å².